The van der Waals surface area contributed by atoms with Gasteiger partial charge in [-0.3, -0.25) is 0 Å². The number of benzene rings is 1. The average Bonchev–Trinajstić information content (AvgIpc) is 3.38. The van der Waals surface area contributed by atoms with E-state index in [1.165, 1.54) is 22.6 Å². The molecule has 3 aromatic rings. The van der Waals surface area contributed by atoms with Crippen molar-refractivity contribution in [3.63, 3.8) is 0 Å². The van der Waals surface area contributed by atoms with Crippen molar-refractivity contribution in [3.8, 4) is 16.8 Å². The Bertz CT molecular complexity index is 1080. The van der Waals surface area contributed by atoms with Crippen LogP contribution in [0.5, 0.6) is 0 Å². The molecule has 0 N–H and O–H groups in total. The van der Waals surface area contributed by atoms with Crippen molar-refractivity contribution in [3.05, 3.63) is 71.1 Å². The Morgan fingerprint density at radius 2 is 2.07 bits per heavy atom. The number of aromatic nitrogens is 2. The summed E-state index contributed by atoms with van der Waals surface area (Å²) < 4.78 is 5.31. The van der Waals surface area contributed by atoms with E-state index in [2.05, 4.69) is 53.2 Å². The highest BCUT2D eigenvalue weighted by Crippen LogP contribution is 2.46. The summed E-state index contributed by atoms with van der Waals surface area (Å²) in [5.74, 6) is 0.730. The summed E-state index contributed by atoms with van der Waals surface area (Å²) in [5.41, 5.74) is 3.74. The number of anilines is 1. The molecule has 0 fully saturated rings. The van der Waals surface area contributed by atoms with Gasteiger partial charge in [-0.25, -0.2) is 0 Å². The Morgan fingerprint density at radius 1 is 1.26 bits per heavy atom. The van der Waals surface area contributed by atoms with Crippen LogP contribution in [0.1, 0.15) is 25.3 Å². The maximum Gasteiger partial charge on any atom is 0.268 e. The van der Waals surface area contributed by atoms with E-state index in [1.54, 1.807) is 6.08 Å². The summed E-state index contributed by atoms with van der Waals surface area (Å²) in [6.07, 6.45) is 3.72. The molecular weight excluding hydrogens is 356 g/mol. The van der Waals surface area contributed by atoms with Crippen LogP contribution in [0.4, 0.5) is 5.69 Å². The topological polar surface area (TPSA) is 66.0 Å². The zero-order valence-corrected chi connectivity index (χ0v) is 16.1. The van der Waals surface area contributed by atoms with E-state index in [9.17, 15) is 5.26 Å². The highest BCUT2D eigenvalue weighted by atomic mass is 32.1. The van der Waals surface area contributed by atoms with Crippen molar-refractivity contribution in [1.82, 2.24) is 10.1 Å². The van der Waals surface area contributed by atoms with E-state index in [0.717, 1.165) is 10.6 Å². The van der Waals surface area contributed by atoms with Crippen molar-refractivity contribution in [1.29, 1.82) is 5.26 Å². The van der Waals surface area contributed by atoms with Crippen molar-refractivity contribution in [2.24, 2.45) is 0 Å². The van der Waals surface area contributed by atoms with Crippen LogP contribution in [0.25, 0.3) is 16.3 Å². The molecule has 4 rings (SSSR count). The van der Waals surface area contributed by atoms with Gasteiger partial charge in [0.25, 0.3) is 5.89 Å². The van der Waals surface area contributed by atoms with E-state index in [4.69, 9.17) is 4.52 Å². The lowest BCUT2D eigenvalue weighted by Crippen LogP contribution is -2.22. The molecule has 3 heterocycles. The number of rotatable bonds is 3. The summed E-state index contributed by atoms with van der Waals surface area (Å²) in [6, 6.07) is 14.4. The molecule has 2 aromatic heterocycles. The fourth-order valence-corrected chi connectivity index (χ4v) is 4.11. The van der Waals surface area contributed by atoms with Gasteiger partial charge in [0.1, 0.15) is 11.6 Å². The van der Waals surface area contributed by atoms with Gasteiger partial charge in [-0.05, 0) is 35.2 Å². The summed E-state index contributed by atoms with van der Waals surface area (Å²) in [4.78, 5) is 7.43. The van der Waals surface area contributed by atoms with Gasteiger partial charge in [0.05, 0.1) is 4.88 Å². The van der Waals surface area contributed by atoms with Gasteiger partial charge in [0.15, 0.2) is 0 Å². The molecule has 0 radical (unpaired) electrons. The van der Waals surface area contributed by atoms with Gasteiger partial charge in [-0.1, -0.05) is 43.3 Å². The summed E-state index contributed by atoms with van der Waals surface area (Å²) in [5, 5.41) is 15.5. The number of nitriles is 1. The Kier molecular flexibility index (Phi) is 4.17. The lowest BCUT2D eigenvalue weighted by atomic mass is 9.83. The first-order valence-electron chi connectivity index (χ1n) is 8.56. The molecule has 6 heteroatoms. The molecule has 0 aliphatic carbocycles. The fourth-order valence-electron chi connectivity index (χ4n) is 3.46. The van der Waals surface area contributed by atoms with Gasteiger partial charge < -0.3 is 9.42 Å². The van der Waals surface area contributed by atoms with Crippen molar-refractivity contribution in [2.75, 3.05) is 11.9 Å². The van der Waals surface area contributed by atoms with Crippen LogP contribution < -0.4 is 4.90 Å². The molecule has 0 unspecified atom stereocenters. The lowest BCUT2D eigenvalue weighted by molar-refractivity contribution is 0.409. The van der Waals surface area contributed by atoms with Crippen molar-refractivity contribution in [2.45, 2.75) is 19.3 Å². The van der Waals surface area contributed by atoms with E-state index in [1.807, 2.05) is 36.7 Å². The molecule has 0 amide bonds. The second kappa shape index (κ2) is 6.53. The number of fused-ring (bicyclic) bond motifs is 1. The number of hydrogen-bond donors (Lipinski definition) is 0. The van der Waals surface area contributed by atoms with E-state index < -0.39 is 0 Å². The first-order valence-corrected chi connectivity index (χ1v) is 9.44. The predicted octanol–water partition coefficient (Wildman–Crippen LogP) is 5.02. The maximum absolute atomic E-state index is 9.58. The van der Waals surface area contributed by atoms with Crippen molar-refractivity contribution >= 4 is 22.6 Å². The molecule has 0 saturated heterocycles. The zero-order valence-electron chi connectivity index (χ0n) is 15.3. The smallest absolute Gasteiger partial charge is 0.268 e. The highest BCUT2D eigenvalue weighted by Gasteiger charge is 2.37. The van der Waals surface area contributed by atoms with E-state index >= 15 is 0 Å². The summed E-state index contributed by atoms with van der Waals surface area (Å²) in [6.45, 7) is 4.37. The third-order valence-electron chi connectivity index (χ3n) is 4.87. The zero-order chi connectivity index (χ0) is 19.0. The summed E-state index contributed by atoms with van der Waals surface area (Å²) in [7, 11) is 2.04. The molecule has 1 aromatic carbocycles. The Balaban J connectivity index is 1.70. The first kappa shape index (κ1) is 17.3. The number of nitrogens with zero attached hydrogens (tertiary/aromatic N) is 4. The minimum absolute atomic E-state index is 0.153. The largest absolute Gasteiger partial charge is 0.347 e. The Hall–Kier alpha value is -3.17. The molecule has 1 aliphatic heterocycles. The molecule has 0 saturated carbocycles. The van der Waals surface area contributed by atoms with Crippen LogP contribution in [-0.4, -0.2) is 17.2 Å². The highest BCUT2D eigenvalue weighted by molar-refractivity contribution is 7.13. The van der Waals surface area contributed by atoms with Gasteiger partial charge >= 0.3 is 0 Å². The third-order valence-corrected chi connectivity index (χ3v) is 5.73. The predicted molar refractivity (Wildman–Crippen MR) is 107 cm³/mol. The molecule has 0 atom stereocenters. The number of hydrogen-bond acceptors (Lipinski definition) is 6. The van der Waals surface area contributed by atoms with Crippen LogP contribution in [-0.2, 0) is 5.41 Å². The van der Waals surface area contributed by atoms with Gasteiger partial charge in [-0.15, -0.1) is 11.3 Å². The normalized spacial score (nSPS) is 17.2. The molecule has 1 aliphatic rings. The van der Waals surface area contributed by atoms with Crippen LogP contribution in [0.3, 0.4) is 0 Å². The van der Waals surface area contributed by atoms with Gasteiger partial charge in [-0.2, -0.15) is 10.2 Å². The van der Waals surface area contributed by atoms with Crippen LogP contribution in [0.2, 0.25) is 0 Å². The minimum Gasteiger partial charge on any atom is -0.347 e. The second-order valence-electron chi connectivity index (χ2n) is 6.85. The Labute approximate surface area is 161 Å². The second-order valence-corrected chi connectivity index (χ2v) is 7.79. The quantitative estimate of drug-likeness (QED) is 0.603. The van der Waals surface area contributed by atoms with E-state index in [0.29, 0.717) is 11.4 Å². The van der Waals surface area contributed by atoms with Crippen molar-refractivity contribution < 1.29 is 4.52 Å². The van der Waals surface area contributed by atoms with Crippen LogP contribution >= 0.6 is 11.3 Å². The number of likely N-dealkylation sites (N-methyl/N-ethyl adjacent to an activating group) is 1. The van der Waals surface area contributed by atoms with Gasteiger partial charge in [0, 0.05) is 23.8 Å². The monoisotopic (exact) mass is 374 g/mol. The van der Waals surface area contributed by atoms with Crippen LogP contribution in [0.15, 0.2) is 64.2 Å². The molecule has 134 valence electrons. The molecule has 0 spiro atoms. The van der Waals surface area contributed by atoms with Crippen LogP contribution in [0, 0.1) is 11.3 Å². The SMILES string of the molecule is CN1/C(=C\C=C(/C#N)c2nc(-c3cccs3)no2)C(C)(C)c2ccccc21. The third kappa shape index (κ3) is 2.86. The average molecular weight is 374 g/mol. The van der Waals surface area contributed by atoms with Gasteiger partial charge in [0.2, 0.25) is 5.82 Å². The lowest BCUT2D eigenvalue weighted by Gasteiger charge is -2.23. The minimum atomic E-state index is -0.153. The Morgan fingerprint density at radius 3 is 2.78 bits per heavy atom. The maximum atomic E-state index is 9.58. The molecule has 27 heavy (non-hydrogen) atoms. The first-order chi connectivity index (χ1) is 13.0. The molecule has 0 bridgehead atoms. The molecule has 5 nitrogen and oxygen atoms in total. The number of allylic oxidation sites excluding steroid dienone is 4. The standard InChI is InChI=1S/C21H18N4OS/c1-21(2)15-7-4-5-8-16(15)25(3)18(21)11-10-14(13-22)20-23-19(24-26-20)17-9-6-12-27-17/h4-12H,1-3H3/b14-10+,18-11-. The number of para-hydroxylation sites is 1. The molecular formula is C21H18N4OS. The number of thiophene rings is 1. The fraction of sp³-hybridized carbons (Fsp3) is 0.190. The summed E-state index contributed by atoms with van der Waals surface area (Å²) >= 11 is 1.53. The van der Waals surface area contributed by atoms with E-state index in [-0.39, 0.29) is 11.3 Å².